The fraction of sp³-hybridized carbons (Fsp3) is 0.0571. The summed E-state index contributed by atoms with van der Waals surface area (Å²) in [6.07, 6.45) is 0. The standard InChI is InChI=1S/C35H24N2/c1-2-37-32-20-8-7-19-31(32)36-35(37)30-21-22-11-9-16-27-25-14-5-3-12-23(25)24-13-4-6-15-26(24)28-17-10-18-29(30)34(28)33(22)27/h3-21H,2H2,1H3. The Bertz CT molecular complexity index is 2180. The molecule has 0 spiro atoms. The summed E-state index contributed by atoms with van der Waals surface area (Å²) < 4.78 is 2.35. The minimum atomic E-state index is 0.866. The van der Waals surface area contributed by atoms with Gasteiger partial charge in [0.1, 0.15) is 5.82 Å². The molecule has 1 heterocycles. The molecule has 0 bridgehead atoms. The topological polar surface area (TPSA) is 17.8 Å². The second-order valence-corrected chi connectivity index (χ2v) is 9.82. The average molecular weight is 473 g/mol. The number of fused-ring (bicyclic) bond motifs is 6. The predicted molar refractivity (Wildman–Crippen MR) is 158 cm³/mol. The molecule has 37 heavy (non-hydrogen) atoms. The van der Waals surface area contributed by atoms with E-state index in [-0.39, 0.29) is 0 Å². The molecule has 174 valence electrons. The highest BCUT2D eigenvalue weighted by Crippen LogP contribution is 2.43. The molecule has 0 radical (unpaired) electrons. The summed E-state index contributed by atoms with van der Waals surface area (Å²) in [7, 11) is 0. The third-order valence-corrected chi connectivity index (χ3v) is 7.94. The molecule has 1 aromatic heterocycles. The van der Waals surface area contributed by atoms with Crippen LogP contribution in [0.5, 0.6) is 0 Å². The van der Waals surface area contributed by atoms with Crippen LogP contribution in [0.15, 0.2) is 115 Å². The van der Waals surface area contributed by atoms with Crippen LogP contribution in [0.4, 0.5) is 0 Å². The van der Waals surface area contributed by atoms with Gasteiger partial charge in [0.2, 0.25) is 0 Å². The number of rotatable bonds is 2. The number of nitrogens with zero attached hydrogens (tertiary/aromatic N) is 2. The fourth-order valence-corrected chi connectivity index (χ4v) is 6.39. The molecular weight excluding hydrogens is 448 g/mol. The van der Waals surface area contributed by atoms with E-state index in [1.807, 2.05) is 0 Å². The molecule has 0 atom stereocenters. The van der Waals surface area contributed by atoms with Crippen LogP contribution in [-0.4, -0.2) is 9.55 Å². The van der Waals surface area contributed by atoms with Gasteiger partial charge in [0.05, 0.1) is 11.0 Å². The Hall–Kier alpha value is -4.69. The smallest absolute Gasteiger partial charge is 0.141 e. The van der Waals surface area contributed by atoms with Crippen molar-refractivity contribution in [1.82, 2.24) is 9.55 Å². The Morgan fingerprint density at radius 3 is 1.78 bits per heavy atom. The Kier molecular flexibility index (Phi) is 4.24. The molecule has 7 aromatic carbocycles. The Morgan fingerprint density at radius 1 is 0.541 bits per heavy atom. The van der Waals surface area contributed by atoms with Crippen LogP contribution >= 0.6 is 0 Å². The summed E-state index contributed by atoms with van der Waals surface area (Å²) >= 11 is 0. The molecule has 0 amide bonds. The lowest BCUT2D eigenvalue weighted by molar-refractivity contribution is 0.797. The van der Waals surface area contributed by atoms with Crippen LogP contribution in [0.2, 0.25) is 0 Å². The Morgan fingerprint density at radius 2 is 1.08 bits per heavy atom. The first kappa shape index (κ1) is 20.5. The first-order chi connectivity index (χ1) is 18.3. The van der Waals surface area contributed by atoms with Crippen LogP contribution in [-0.2, 0) is 6.54 Å². The van der Waals surface area contributed by atoms with Crippen molar-refractivity contribution in [3.63, 3.8) is 0 Å². The molecule has 0 aliphatic rings. The van der Waals surface area contributed by atoms with Crippen molar-refractivity contribution in [3.05, 3.63) is 115 Å². The van der Waals surface area contributed by atoms with E-state index >= 15 is 0 Å². The number of imidazole rings is 1. The summed E-state index contributed by atoms with van der Waals surface area (Å²) in [5, 5.41) is 12.8. The Labute approximate surface area is 214 Å². The highest BCUT2D eigenvalue weighted by Gasteiger charge is 2.19. The van der Waals surface area contributed by atoms with Crippen LogP contribution < -0.4 is 0 Å². The maximum absolute atomic E-state index is 5.17. The quantitative estimate of drug-likeness (QED) is 0.229. The Balaban J connectivity index is 1.69. The van der Waals surface area contributed by atoms with Crippen LogP contribution in [0.3, 0.4) is 0 Å². The minimum Gasteiger partial charge on any atom is -0.324 e. The molecule has 0 saturated heterocycles. The first-order valence-electron chi connectivity index (χ1n) is 13.0. The van der Waals surface area contributed by atoms with Gasteiger partial charge in [-0.2, -0.15) is 0 Å². The second-order valence-electron chi connectivity index (χ2n) is 9.82. The summed E-state index contributed by atoms with van der Waals surface area (Å²) in [4.78, 5) is 5.17. The zero-order chi connectivity index (χ0) is 24.5. The lowest BCUT2D eigenvalue weighted by atomic mass is 9.88. The lowest BCUT2D eigenvalue weighted by Gasteiger charge is -2.16. The van der Waals surface area contributed by atoms with Crippen molar-refractivity contribution in [2.45, 2.75) is 13.5 Å². The van der Waals surface area contributed by atoms with E-state index < -0.39 is 0 Å². The van der Waals surface area contributed by atoms with Gasteiger partial charge in [0.25, 0.3) is 0 Å². The van der Waals surface area contributed by atoms with E-state index in [0.29, 0.717) is 0 Å². The summed E-state index contributed by atoms with van der Waals surface area (Å²) in [5.41, 5.74) is 3.40. The third-order valence-electron chi connectivity index (χ3n) is 7.94. The molecule has 0 unspecified atom stereocenters. The van der Waals surface area contributed by atoms with Crippen molar-refractivity contribution >= 4 is 64.9 Å². The molecule has 0 saturated carbocycles. The normalized spacial score (nSPS) is 12.0. The zero-order valence-corrected chi connectivity index (χ0v) is 20.6. The molecule has 0 fully saturated rings. The number of aryl methyl sites for hydroxylation is 1. The maximum atomic E-state index is 5.17. The highest BCUT2D eigenvalue weighted by atomic mass is 15.1. The molecule has 2 nitrogen and oxygen atoms in total. The summed E-state index contributed by atoms with van der Waals surface area (Å²) in [6, 6.07) is 42.0. The van der Waals surface area contributed by atoms with E-state index in [2.05, 4.69) is 127 Å². The molecule has 8 rings (SSSR count). The SMILES string of the molecule is CCn1c(-c2cc3cccc4c5ccccc5c5ccccc5c5cccc2c5c34)nc2ccccc21. The van der Waals surface area contributed by atoms with E-state index in [9.17, 15) is 0 Å². The minimum absolute atomic E-state index is 0.866. The van der Waals surface area contributed by atoms with E-state index in [0.717, 1.165) is 17.9 Å². The van der Waals surface area contributed by atoms with Gasteiger partial charge in [-0.15, -0.1) is 0 Å². The third kappa shape index (κ3) is 2.78. The van der Waals surface area contributed by atoms with Gasteiger partial charge < -0.3 is 4.57 Å². The van der Waals surface area contributed by atoms with E-state index in [4.69, 9.17) is 4.98 Å². The van der Waals surface area contributed by atoms with Crippen LogP contribution in [0, 0.1) is 0 Å². The average Bonchev–Trinajstić information content (AvgIpc) is 3.34. The van der Waals surface area contributed by atoms with Gasteiger partial charge in [0, 0.05) is 12.1 Å². The summed E-state index contributed by atoms with van der Waals surface area (Å²) in [5.74, 6) is 1.03. The van der Waals surface area contributed by atoms with Gasteiger partial charge in [-0.05, 0) is 79.0 Å². The predicted octanol–water partition coefficient (Wildman–Crippen LogP) is 9.49. The summed E-state index contributed by atoms with van der Waals surface area (Å²) in [6.45, 7) is 3.07. The second kappa shape index (κ2) is 7.65. The first-order valence-corrected chi connectivity index (χ1v) is 13.0. The lowest BCUT2D eigenvalue weighted by Crippen LogP contribution is -1.98. The van der Waals surface area contributed by atoms with Crippen molar-refractivity contribution in [2.24, 2.45) is 0 Å². The maximum Gasteiger partial charge on any atom is 0.141 e. The van der Waals surface area contributed by atoms with Crippen molar-refractivity contribution in [3.8, 4) is 11.4 Å². The molecule has 0 aliphatic heterocycles. The number of para-hydroxylation sites is 2. The monoisotopic (exact) mass is 472 g/mol. The van der Waals surface area contributed by atoms with Gasteiger partial charge in [-0.1, -0.05) is 97.1 Å². The fourth-order valence-electron chi connectivity index (χ4n) is 6.39. The largest absolute Gasteiger partial charge is 0.324 e. The number of hydrogen-bond donors (Lipinski definition) is 0. The highest BCUT2D eigenvalue weighted by molar-refractivity contribution is 6.34. The van der Waals surface area contributed by atoms with E-state index in [1.54, 1.807) is 0 Å². The van der Waals surface area contributed by atoms with Crippen molar-refractivity contribution < 1.29 is 0 Å². The zero-order valence-electron chi connectivity index (χ0n) is 20.6. The van der Waals surface area contributed by atoms with Crippen LogP contribution in [0.1, 0.15) is 6.92 Å². The number of benzene rings is 6. The van der Waals surface area contributed by atoms with Gasteiger partial charge in [-0.3, -0.25) is 0 Å². The van der Waals surface area contributed by atoms with Crippen molar-refractivity contribution in [1.29, 1.82) is 0 Å². The molecule has 8 aromatic rings. The molecule has 0 aliphatic carbocycles. The van der Waals surface area contributed by atoms with Gasteiger partial charge in [0.15, 0.2) is 0 Å². The molecule has 2 heteroatoms. The molecule has 0 N–H and O–H groups in total. The van der Waals surface area contributed by atoms with Crippen molar-refractivity contribution in [2.75, 3.05) is 0 Å². The van der Waals surface area contributed by atoms with Gasteiger partial charge in [-0.25, -0.2) is 4.98 Å². The number of hydrogen-bond acceptors (Lipinski definition) is 1. The van der Waals surface area contributed by atoms with Crippen LogP contribution in [0.25, 0.3) is 76.3 Å². The van der Waals surface area contributed by atoms with Gasteiger partial charge >= 0.3 is 0 Å². The molecular formula is C35H24N2. The van der Waals surface area contributed by atoms with E-state index in [1.165, 1.54) is 64.9 Å². The number of aromatic nitrogens is 2.